The summed E-state index contributed by atoms with van der Waals surface area (Å²) >= 11 is 0. The van der Waals surface area contributed by atoms with Gasteiger partial charge in [0.05, 0.1) is 19.6 Å². The van der Waals surface area contributed by atoms with Crippen LogP contribution in [0.2, 0.25) is 0 Å². The fourth-order valence-corrected chi connectivity index (χ4v) is 3.15. The molecule has 1 saturated carbocycles. The lowest BCUT2D eigenvalue weighted by Gasteiger charge is -2.26. The molecule has 1 heterocycles. The van der Waals surface area contributed by atoms with Crippen molar-refractivity contribution < 1.29 is 9.53 Å². The molecule has 1 atom stereocenters. The van der Waals surface area contributed by atoms with Crippen LogP contribution < -0.4 is 4.74 Å². The largest absolute Gasteiger partial charge is 0.496 e. The van der Waals surface area contributed by atoms with Crippen LogP contribution in [0.3, 0.4) is 0 Å². The van der Waals surface area contributed by atoms with Crippen LogP contribution in [0.25, 0.3) is 0 Å². The molecule has 25 heavy (non-hydrogen) atoms. The number of hydrogen-bond donors (Lipinski definition) is 0. The molecule has 134 valence electrons. The second kappa shape index (κ2) is 7.25. The highest BCUT2D eigenvalue weighted by molar-refractivity contribution is 5.79. The maximum Gasteiger partial charge on any atom is 0.227 e. The number of nitrogens with zero attached hydrogens (tertiary/aromatic N) is 4. The van der Waals surface area contributed by atoms with Crippen LogP contribution in [0.4, 0.5) is 0 Å². The van der Waals surface area contributed by atoms with E-state index in [1.807, 2.05) is 54.6 Å². The van der Waals surface area contributed by atoms with Gasteiger partial charge in [-0.3, -0.25) is 4.79 Å². The number of rotatable bonds is 7. The molecule has 1 aromatic heterocycles. The highest BCUT2D eigenvalue weighted by atomic mass is 16.5. The van der Waals surface area contributed by atoms with E-state index in [1.165, 1.54) is 0 Å². The van der Waals surface area contributed by atoms with E-state index in [9.17, 15) is 4.79 Å². The molecule has 0 spiro atoms. The topological polar surface area (TPSA) is 60.2 Å². The van der Waals surface area contributed by atoms with Crippen LogP contribution in [0.1, 0.15) is 37.0 Å². The molecule has 6 heteroatoms. The average molecular weight is 342 g/mol. The maximum atomic E-state index is 13.1. The SMILES string of the molecule is COc1ccccc1CN(C(=O)C(C)Cn1nc(C)nc1C)C1CC1. The summed E-state index contributed by atoms with van der Waals surface area (Å²) in [5.41, 5.74) is 1.05. The van der Waals surface area contributed by atoms with Crippen molar-refractivity contribution in [3.05, 3.63) is 41.5 Å². The number of aromatic nitrogens is 3. The first-order chi connectivity index (χ1) is 12.0. The maximum absolute atomic E-state index is 13.1. The van der Waals surface area contributed by atoms with Gasteiger partial charge in [0, 0.05) is 18.2 Å². The van der Waals surface area contributed by atoms with Gasteiger partial charge in [0.25, 0.3) is 0 Å². The van der Waals surface area contributed by atoms with Crippen molar-refractivity contribution in [2.45, 2.75) is 52.7 Å². The highest BCUT2D eigenvalue weighted by Crippen LogP contribution is 2.31. The zero-order chi connectivity index (χ0) is 18.0. The van der Waals surface area contributed by atoms with Crippen LogP contribution >= 0.6 is 0 Å². The summed E-state index contributed by atoms with van der Waals surface area (Å²) < 4.78 is 7.27. The number of carbonyl (C=O) groups is 1. The summed E-state index contributed by atoms with van der Waals surface area (Å²) in [5.74, 6) is 2.44. The number of carbonyl (C=O) groups excluding carboxylic acids is 1. The Morgan fingerprint density at radius 3 is 2.68 bits per heavy atom. The summed E-state index contributed by atoms with van der Waals surface area (Å²) in [7, 11) is 1.67. The Balaban J connectivity index is 1.73. The molecule has 0 bridgehead atoms. The number of ether oxygens (including phenoxy) is 1. The molecule has 1 aliphatic rings. The summed E-state index contributed by atoms with van der Waals surface area (Å²) in [4.78, 5) is 19.4. The predicted octanol–water partition coefficient (Wildman–Crippen LogP) is 2.73. The van der Waals surface area contributed by atoms with Crippen molar-refractivity contribution in [3.63, 3.8) is 0 Å². The van der Waals surface area contributed by atoms with E-state index in [0.29, 0.717) is 19.1 Å². The first kappa shape index (κ1) is 17.5. The number of aryl methyl sites for hydroxylation is 2. The van der Waals surface area contributed by atoms with Crippen LogP contribution in [-0.2, 0) is 17.9 Å². The van der Waals surface area contributed by atoms with E-state index < -0.39 is 0 Å². The molecule has 1 aliphatic carbocycles. The summed E-state index contributed by atoms with van der Waals surface area (Å²) in [6.45, 7) is 6.91. The van der Waals surface area contributed by atoms with E-state index in [4.69, 9.17) is 4.74 Å². The van der Waals surface area contributed by atoms with Gasteiger partial charge in [-0.15, -0.1) is 0 Å². The molecular formula is C19H26N4O2. The third-order valence-electron chi connectivity index (χ3n) is 4.63. The molecular weight excluding hydrogens is 316 g/mol. The van der Waals surface area contributed by atoms with Crippen molar-refractivity contribution in [3.8, 4) is 5.75 Å². The quantitative estimate of drug-likeness (QED) is 0.776. The number of methoxy groups -OCH3 is 1. The molecule has 0 aliphatic heterocycles. The lowest BCUT2D eigenvalue weighted by atomic mass is 10.1. The minimum absolute atomic E-state index is 0.143. The second-order valence-electron chi connectivity index (χ2n) is 6.80. The van der Waals surface area contributed by atoms with E-state index in [-0.39, 0.29) is 11.8 Å². The molecule has 1 fully saturated rings. The molecule has 1 aromatic carbocycles. The fourth-order valence-electron chi connectivity index (χ4n) is 3.15. The number of para-hydroxylation sites is 1. The summed E-state index contributed by atoms with van der Waals surface area (Å²) in [6.07, 6.45) is 2.16. The van der Waals surface area contributed by atoms with E-state index in [2.05, 4.69) is 10.1 Å². The predicted molar refractivity (Wildman–Crippen MR) is 95.2 cm³/mol. The van der Waals surface area contributed by atoms with Gasteiger partial charge < -0.3 is 9.64 Å². The zero-order valence-corrected chi connectivity index (χ0v) is 15.4. The second-order valence-corrected chi connectivity index (χ2v) is 6.80. The summed E-state index contributed by atoms with van der Waals surface area (Å²) in [5, 5.41) is 4.38. The van der Waals surface area contributed by atoms with Gasteiger partial charge in [0.15, 0.2) is 0 Å². The Kier molecular flexibility index (Phi) is 5.06. The molecule has 1 amide bonds. The first-order valence-corrected chi connectivity index (χ1v) is 8.80. The van der Waals surface area contributed by atoms with Gasteiger partial charge >= 0.3 is 0 Å². The Labute approximate surface area is 148 Å². The third-order valence-corrected chi connectivity index (χ3v) is 4.63. The third kappa shape index (κ3) is 4.00. The van der Waals surface area contributed by atoms with E-state index in [0.717, 1.165) is 35.8 Å². The van der Waals surface area contributed by atoms with Crippen LogP contribution in [0.15, 0.2) is 24.3 Å². The zero-order valence-electron chi connectivity index (χ0n) is 15.4. The van der Waals surface area contributed by atoms with Gasteiger partial charge in [-0.25, -0.2) is 9.67 Å². The standard InChI is InChI=1S/C19H26N4O2/c1-13(11-23-15(3)20-14(2)21-23)19(24)22(17-9-10-17)12-16-7-5-6-8-18(16)25-4/h5-8,13,17H,9-12H2,1-4H3. The Morgan fingerprint density at radius 2 is 2.08 bits per heavy atom. The van der Waals surface area contributed by atoms with Crippen molar-refractivity contribution >= 4 is 5.91 Å². The molecule has 3 rings (SSSR count). The van der Waals surface area contributed by atoms with Crippen LogP contribution in [0.5, 0.6) is 5.75 Å². The Morgan fingerprint density at radius 1 is 1.36 bits per heavy atom. The lowest BCUT2D eigenvalue weighted by molar-refractivity contribution is -0.136. The van der Waals surface area contributed by atoms with Gasteiger partial charge in [-0.2, -0.15) is 5.10 Å². The van der Waals surface area contributed by atoms with Gasteiger partial charge in [0.2, 0.25) is 5.91 Å². The van der Waals surface area contributed by atoms with Gasteiger partial charge in [-0.1, -0.05) is 25.1 Å². The minimum Gasteiger partial charge on any atom is -0.496 e. The molecule has 0 saturated heterocycles. The smallest absolute Gasteiger partial charge is 0.227 e. The van der Waals surface area contributed by atoms with E-state index in [1.54, 1.807) is 7.11 Å². The van der Waals surface area contributed by atoms with Crippen molar-refractivity contribution in [2.24, 2.45) is 5.92 Å². The summed E-state index contributed by atoms with van der Waals surface area (Å²) in [6, 6.07) is 8.24. The van der Waals surface area contributed by atoms with Crippen molar-refractivity contribution in [1.82, 2.24) is 19.7 Å². The number of amides is 1. The monoisotopic (exact) mass is 342 g/mol. The molecule has 0 radical (unpaired) electrons. The average Bonchev–Trinajstić information content (AvgIpc) is 3.38. The fraction of sp³-hybridized carbons (Fsp3) is 0.526. The number of hydrogen-bond acceptors (Lipinski definition) is 4. The van der Waals surface area contributed by atoms with Crippen LogP contribution in [-0.4, -0.2) is 38.7 Å². The van der Waals surface area contributed by atoms with Crippen molar-refractivity contribution in [2.75, 3.05) is 7.11 Å². The molecule has 1 unspecified atom stereocenters. The van der Waals surface area contributed by atoms with Gasteiger partial charge in [-0.05, 0) is 32.8 Å². The number of benzene rings is 1. The van der Waals surface area contributed by atoms with Gasteiger partial charge in [0.1, 0.15) is 17.4 Å². The first-order valence-electron chi connectivity index (χ1n) is 8.80. The highest BCUT2D eigenvalue weighted by Gasteiger charge is 2.35. The Bertz CT molecular complexity index is 752. The molecule has 2 aromatic rings. The molecule has 0 N–H and O–H groups in total. The molecule has 6 nitrogen and oxygen atoms in total. The van der Waals surface area contributed by atoms with Crippen LogP contribution in [0, 0.1) is 19.8 Å². The normalized spacial score (nSPS) is 15.0. The lowest BCUT2D eigenvalue weighted by Crippen LogP contribution is -2.38. The minimum atomic E-state index is -0.143. The Hall–Kier alpha value is -2.37. The van der Waals surface area contributed by atoms with E-state index >= 15 is 0 Å². The van der Waals surface area contributed by atoms with Crippen molar-refractivity contribution in [1.29, 1.82) is 0 Å².